The Morgan fingerprint density at radius 3 is 2.95 bits per heavy atom. The lowest BCUT2D eigenvalue weighted by Crippen LogP contribution is -2.46. The number of aromatic amines is 1. The van der Waals surface area contributed by atoms with E-state index in [0.29, 0.717) is 6.54 Å². The van der Waals surface area contributed by atoms with Crippen LogP contribution in [0.25, 0.3) is 10.9 Å². The molecule has 1 aliphatic rings. The molecule has 21 heavy (non-hydrogen) atoms. The second kappa shape index (κ2) is 5.07. The van der Waals surface area contributed by atoms with Crippen molar-refractivity contribution in [2.75, 3.05) is 13.2 Å². The van der Waals surface area contributed by atoms with Crippen LogP contribution in [0.1, 0.15) is 25.1 Å². The molecule has 1 aromatic carbocycles. The van der Waals surface area contributed by atoms with Crippen molar-refractivity contribution in [2.24, 2.45) is 0 Å². The predicted molar refractivity (Wildman–Crippen MR) is 78.4 cm³/mol. The molecule has 3 rings (SSSR count). The Balaban J connectivity index is 1.93. The highest BCUT2D eigenvalue weighted by Gasteiger charge is 2.32. The van der Waals surface area contributed by atoms with Gasteiger partial charge in [-0.15, -0.1) is 0 Å². The Hall–Kier alpha value is -1.46. The maximum absolute atomic E-state index is 14.1. The lowest BCUT2D eigenvalue weighted by molar-refractivity contribution is 0.0277. The summed E-state index contributed by atoms with van der Waals surface area (Å²) in [6.45, 7) is 3.74. The van der Waals surface area contributed by atoms with Gasteiger partial charge in [0.25, 0.3) is 0 Å². The average molecular weight is 294 g/mol. The maximum atomic E-state index is 14.1. The molecule has 0 saturated carbocycles. The minimum absolute atomic E-state index is 0.154. The van der Waals surface area contributed by atoms with Gasteiger partial charge in [0, 0.05) is 35.7 Å². The molecule has 0 fully saturated rings. The van der Waals surface area contributed by atoms with Crippen molar-refractivity contribution in [1.29, 1.82) is 0 Å². The second-order valence-electron chi connectivity index (χ2n) is 6.30. The predicted octanol–water partition coefficient (Wildman–Crippen LogP) is 2.77. The maximum Gasteiger partial charge on any atom is 0.143 e. The lowest BCUT2D eigenvalue weighted by atomic mass is 9.96. The van der Waals surface area contributed by atoms with Crippen LogP contribution in [0.2, 0.25) is 0 Å². The molecule has 2 heterocycles. The zero-order valence-electron chi connectivity index (χ0n) is 12.3. The van der Waals surface area contributed by atoms with Gasteiger partial charge in [0.1, 0.15) is 11.5 Å². The second-order valence-corrected chi connectivity index (χ2v) is 6.30. The van der Waals surface area contributed by atoms with Crippen LogP contribution in [0.4, 0.5) is 8.78 Å². The molecule has 0 amide bonds. The molecule has 0 aliphatic carbocycles. The van der Waals surface area contributed by atoms with Crippen molar-refractivity contribution in [1.82, 2.24) is 9.88 Å². The summed E-state index contributed by atoms with van der Waals surface area (Å²) in [6, 6.07) is 4.89. The lowest BCUT2D eigenvalue weighted by Gasteiger charge is -2.36. The molecule has 3 nitrogen and oxygen atoms in total. The van der Waals surface area contributed by atoms with Gasteiger partial charge >= 0.3 is 0 Å². The standard InChI is InChI=1S/C16H20F2N2O/c1-10-5-12-13-6-11(17)3-4-14(13)19-15(12)7-20(10)8-16(2,18)9-21/h3-4,6,10,19,21H,5,7-9H2,1-2H3. The van der Waals surface area contributed by atoms with Gasteiger partial charge in [-0.25, -0.2) is 8.78 Å². The topological polar surface area (TPSA) is 39.3 Å². The molecule has 2 unspecified atom stereocenters. The molecule has 2 N–H and O–H groups in total. The summed E-state index contributed by atoms with van der Waals surface area (Å²) in [6.07, 6.45) is 0.750. The van der Waals surface area contributed by atoms with Crippen LogP contribution in [0.5, 0.6) is 0 Å². The normalized spacial score (nSPS) is 22.2. The van der Waals surface area contributed by atoms with Crippen LogP contribution in [-0.4, -0.2) is 39.9 Å². The highest BCUT2D eigenvalue weighted by atomic mass is 19.1. The Kier molecular flexibility index (Phi) is 3.50. The summed E-state index contributed by atoms with van der Waals surface area (Å²) in [5.41, 5.74) is 1.45. The third-order valence-electron chi connectivity index (χ3n) is 4.30. The van der Waals surface area contributed by atoms with E-state index >= 15 is 0 Å². The monoisotopic (exact) mass is 294 g/mol. The molecule has 114 valence electrons. The largest absolute Gasteiger partial charge is 0.393 e. The number of nitrogens with one attached hydrogen (secondary N) is 1. The van der Waals surface area contributed by atoms with Gasteiger partial charge in [-0.1, -0.05) is 0 Å². The van der Waals surface area contributed by atoms with Crippen LogP contribution in [0.3, 0.4) is 0 Å². The molecule has 0 spiro atoms. The molecule has 5 heteroatoms. The first kappa shape index (κ1) is 14.5. The number of nitrogens with zero attached hydrogens (tertiary/aromatic N) is 1. The summed E-state index contributed by atoms with van der Waals surface area (Å²) in [7, 11) is 0. The Labute approximate surface area is 122 Å². The quantitative estimate of drug-likeness (QED) is 0.913. The summed E-state index contributed by atoms with van der Waals surface area (Å²) < 4.78 is 27.5. The number of hydrogen-bond acceptors (Lipinski definition) is 2. The Bertz CT molecular complexity index is 666. The molecule has 0 saturated heterocycles. The molecular formula is C16H20F2N2O. The number of benzene rings is 1. The Morgan fingerprint density at radius 1 is 1.48 bits per heavy atom. The van der Waals surface area contributed by atoms with E-state index in [0.717, 1.165) is 28.6 Å². The van der Waals surface area contributed by atoms with Gasteiger partial charge in [0.15, 0.2) is 0 Å². The number of fused-ring (bicyclic) bond motifs is 3. The average Bonchev–Trinajstić information content (AvgIpc) is 2.76. The number of rotatable bonds is 3. The fraction of sp³-hybridized carbons (Fsp3) is 0.500. The van der Waals surface area contributed by atoms with Crippen LogP contribution >= 0.6 is 0 Å². The summed E-state index contributed by atoms with van der Waals surface area (Å²) in [5, 5.41) is 10.0. The van der Waals surface area contributed by atoms with Gasteiger partial charge in [-0.2, -0.15) is 0 Å². The van der Waals surface area contributed by atoms with Crippen molar-refractivity contribution in [2.45, 2.75) is 38.5 Å². The SMILES string of the molecule is CC1Cc2c([nH]c3ccc(F)cc23)CN1CC(C)(F)CO. The third-order valence-corrected chi connectivity index (χ3v) is 4.30. The van der Waals surface area contributed by atoms with Crippen LogP contribution in [-0.2, 0) is 13.0 Å². The summed E-state index contributed by atoms with van der Waals surface area (Å²) in [4.78, 5) is 5.32. The smallest absolute Gasteiger partial charge is 0.143 e. The molecule has 1 aromatic heterocycles. The fourth-order valence-corrected chi connectivity index (χ4v) is 3.11. The summed E-state index contributed by atoms with van der Waals surface area (Å²) >= 11 is 0. The van der Waals surface area contributed by atoms with Crippen LogP contribution < -0.4 is 0 Å². The van der Waals surface area contributed by atoms with E-state index < -0.39 is 12.3 Å². The Morgan fingerprint density at radius 2 is 2.24 bits per heavy atom. The minimum atomic E-state index is -1.61. The van der Waals surface area contributed by atoms with E-state index in [1.54, 1.807) is 12.1 Å². The van der Waals surface area contributed by atoms with Gasteiger partial charge < -0.3 is 10.1 Å². The zero-order chi connectivity index (χ0) is 15.2. The molecule has 0 radical (unpaired) electrons. The van der Waals surface area contributed by atoms with E-state index in [2.05, 4.69) is 4.98 Å². The van der Waals surface area contributed by atoms with Crippen molar-refractivity contribution >= 4 is 10.9 Å². The highest BCUT2D eigenvalue weighted by Crippen LogP contribution is 2.31. The first-order valence-electron chi connectivity index (χ1n) is 7.22. The number of aliphatic hydroxyl groups excluding tert-OH is 1. The number of H-pyrrole nitrogens is 1. The van der Waals surface area contributed by atoms with Crippen molar-refractivity contribution < 1.29 is 13.9 Å². The first-order chi connectivity index (χ1) is 9.89. The fourth-order valence-electron chi connectivity index (χ4n) is 3.11. The molecule has 1 aliphatic heterocycles. The molecule has 0 bridgehead atoms. The zero-order valence-corrected chi connectivity index (χ0v) is 12.3. The van der Waals surface area contributed by atoms with Crippen molar-refractivity contribution in [3.63, 3.8) is 0 Å². The molecule has 2 aromatic rings. The van der Waals surface area contributed by atoms with E-state index in [9.17, 15) is 8.78 Å². The van der Waals surface area contributed by atoms with Gasteiger partial charge in [0.05, 0.1) is 6.61 Å². The number of alkyl halides is 1. The van der Waals surface area contributed by atoms with E-state index in [1.807, 2.05) is 11.8 Å². The van der Waals surface area contributed by atoms with Crippen molar-refractivity contribution in [3.05, 3.63) is 35.3 Å². The number of halogens is 2. The van der Waals surface area contributed by atoms with E-state index in [4.69, 9.17) is 5.11 Å². The third kappa shape index (κ3) is 2.68. The van der Waals surface area contributed by atoms with E-state index in [1.165, 1.54) is 13.0 Å². The summed E-state index contributed by atoms with van der Waals surface area (Å²) in [5.74, 6) is -0.240. The van der Waals surface area contributed by atoms with E-state index in [-0.39, 0.29) is 18.4 Å². The van der Waals surface area contributed by atoms with Gasteiger partial charge in [-0.05, 0) is 44.0 Å². The first-order valence-corrected chi connectivity index (χ1v) is 7.22. The highest BCUT2D eigenvalue weighted by molar-refractivity contribution is 5.85. The molecular weight excluding hydrogens is 274 g/mol. The van der Waals surface area contributed by atoms with Crippen LogP contribution in [0.15, 0.2) is 18.2 Å². The van der Waals surface area contributed by atoms with Gasteiger partial charge in [0.2, 0.25) is 0 Å². The molecule has 2 atom stereocenters. The van der Waals surface area contributed by atoms with Crippen LogP contribution in [0, 0.1) is 5.82 Å². The van der Waals surface area contributed by atoms with Gasteiger partial charge in [-0.3, -0.25) is 4.90 Å². The number of aromatic nitrogens is 1. The minimum Gasteiger partial charge on any atom is -0.393 e. The number of aliphatic hydroxyl groups is 1. The van der Waals surface area contributed by atoms with Crippen molar-refractivity contribution in [3.8, 4) is 0 Å². The number of hydrogen-bond donors (Lipinski definition) is 2.